The fraction of sp³-hybridized carbons (Fsp3) is 0.923. The summed E-state index contributed by atoms with van der Waals surface area (Å²) in [5.74, 6) is 0.193. The van der Waals surface area contributed by atoms with E-state index in [0.717, 1.165) is 19.4 Å². The molecule has 0 saturated carbocycles. The Hall–Kier alpha value is -0.610. The zero-order chi connectivity index (χ0) is 13.0. The minimum Gasteiger partial charge on any atom is -0.393 e. The number of rotatable bonds is 5. The van der Waals surface area contributed by atoms with Crippen LogP contribution in [0.15, 0.2) is 0 Å². The second-order valence-electron chi connectivity index (χ2n) is 5.48. The fourth-order valence-electron chi connectivity index (χ4n) is 2.52. The van der Waals surface area contributed by atoms with Crippen LogP contribution in [0.2, 0.25) is 0 Å². The van der Waals surface area contributed by atoms with Crippen molar-refractivity contribution in [3.8, 4) is 0 Å². The Bertz CT molecular complexity index is 254. The molecule has 0 aromatic carbocycles. The van der Waals surface area contributed by atoms with E-state index in [4.69, 9.17) is 0 Å². The van der Waals surface area contributed by atoms with Crippen LogP contribution >= 0.6 is 0 Å². The van der Waals surface area contributed by atoms with Crippen LogP contribution in [0.5, 0.6) is 0 Å². The van der Waals surface area contributed by atoms with Gasteiger partial charge in [-0.15, -0.1) is 0 Å². The van der Waals surface area contributed by atoms with Gasteiger partial charge in [-0.2, -0.15) is 0 Å². The van der Waals surface area contributed by atoms with Gasteiger partial charge < -0.3 is 15.3 Å². The number of carbonyl (C=O) groups excluding carboxylic acids is 1. The van der Waals surface area contributed by atoms with E-state index in [0.29, 0.717) is 12.5 Å². The van der Waals surface area contributed by atoms with Gasteiger partial charge in [0.2, 0.25) is 5.91 Å². The molecule has 0 aromatic heterocycles. The molecule has 0 radical (unpaired) electrons. The highest BCUT2D eigenvalue weighted by Crippen LogP contribution is 2.17. The summed E-state index contributed by atoms with van der Waals surface area (Å²) >= 11 is 0. The molecule has 100 valence electrons. The van der Waals surface area contributed by atoms with Crippen molar-refractivity contribution in [3.05, 3.63) is 0 Å². The van der Waals surface area contributed by atoms with E-state index in [-0.39, 0.29) is 24.1 Å². The average Bonchev–Trinajstić information content (AvgIpc) is 2.19. The van der Waals surface area contributed by atoms with Crippen LogP contribution in [0.4, 0.5) is 0 Å². The van der Waals surface area contributed by atoms with Crippen LogP contribution in [0, 0.1) is 0 Å². The van der Waals surface area contributed by atoms with Crippen molar-refractivity contribution in [2.75, 3.05) is 6.54 Å². The minimum atomic E-state index is -0.351. The van der Waals surface area contributed by atoms with E-state index in [2.05, 4.69) is 19.2 Å². The van der Waals surface area contributed by atoms with E-state index >= 15 is 0 Å². The molecule has 0 aliphatic carbocycles. The maximum Gasteiger partial charge on any atom is 0.239 e. The molecule has 1 heterocycles. The van der Waals surface area contributed by atoms with Gasteiger partial charge >= 0.3 is 0 Å². The van der Waals surface area contributed by atoms with Crippen molar-refractivity contribution in [2.45, 2.75) is 71.2 Å². The predicted molar refractivity (Wildman–Crippen MR) is 68.8 cm³/mol. The van der Waals surface area contributed by atoms with Crippen molar-refractivity contribution >= 4 is 5.91 Å². The molecular weight excluding hydrogens is 216 g/mol. The third-order valence-corrected chi connectivity index (χ3v) is 3.22. The Balaban J connectivity index is 2.58. The Morgan fingerprint density at radius 3 is 2.59 bits per heavy atom. The van der Waals surface area contributed by atoms with Crippen molar-refractivity contribution in [3.63, 3.8) is 0 Å². The standard InChI is InChI=1S/C13H26N2O2/c1-9(2)14-12-6-5-7-15(13(12)17)10(3)8-11(4)16/h9-12,14,16H,5-8H2,1-4H3. The van der Waals surface area contributed by atoms with Gasteiger partial charge in [-0.1, -0.05) is 13.8 Å². The molecule has 1 amide bonds. The van der Waals surface area contributed by atoms with E-state index in [1.54, 1.807) is 6.92 Å². The molecule has 0 spiro atoms. The second kappa shape index (κ2) is 6.36. The Morgan fingerprint density at radius 1 is 1.41 bits per heavy atom. The number of aliphatic hydroxyl groups is 1. The van der Waals surface area contributed by atoms with Crippen LogP contribution < -0.4 is 5.32 Å². The van der Waals surface area contributed by atoms with E-state index in [1.807, 2.05) is 11.8 Å². The highest BCUT2D eigenvalue weighted by molar-refractivity contribution is 5.82. The summed E-state index contributed by atoms with van der Waals surface area (Å²) < 4.78 is 0. The van der Waals surface area contributed by atoms with Crippen molar-refractivity contribution in [1.82, 2.24) is 10.2 Å². The summed E-state index contributed by atoms with van der Waals surface area (Å²) in [6.45, 7) is 8.73. The Labute approximate surface area is 104 Å². The molecule has 4 nitrogen and oxygen atoms in total. The lowest BCUT2D eigenvalue weighted by Gasteiger charge is -2.38. The number of carbonyl (C=O) groups is 1. The molecule has 3 unspecified atom stereocenters. The molecule has 1 aliphatic rings. The molecule has 1 rings (SSSR count). The van der Waals surface area contributed by atoms with Gasteiger partial charge in [-0.25, -0.2) is 0 Å². The highest BCUT2D eigenvalue weighted by atomic mass is 16.3. The molecule has 4 heteroatoms. The summed E-state index contributed by atoms with van der Waals surface area (Å²) in [4.78, 5) is 14.2. The van der Waals surface area contributed by atoms with Gasteiger partial charge in [-0.05, 0) is 33.1 Å². The summed E-state index contributed by atoms with van der Waals surface area (Å²) in [6.07, 6.45) is 2.27. The zero-order valence-corrected chi connectivity index (χ0v) is 11.4. The number of piperidine rings is 1. The number of nitrogens with one attached hydrogen (secondary N) is 1. The van der Waals surface area contributed by atoms with Gasteiger partial charge in [0.1, 0.15) is 0 Å². The SMILES string of the molecule is CC(O)CC(C)N1CCCC(NC(C)C)C1=O. The first-order valence-corrected chi connectivity index (χ1v) is 6.66. The lowest BCUT2D eigenvalue weighted by Crippen LogP contribution is -2.55. The van der Waals surface area contributed by atoms with Crippen LogP contribution in [0.1, 0.15) is 47.0 Å². The monoisotopic (exact) mass is 242 g/mol. The second-order valence-corrected chi connectivity index (χ2v) is 5.48. The van der Waals surface area contributed by atoms with Crippen LogP contribution in [-0.4, -0.2) is 46.7 Å². The van der Waals surface area contributed by atoms with Crippen molar-refractivity contribution in [2.24, 2.45) is 0 Å². The third kappa shape index (κ3) is 4.28. The summed E-state index contributed by atoms with van der Waals surface area (Å²) in [5.41, 5.74) is 0. The van der Waals surface area contributed by atoms with Gasteiger partial charge in [-0.3, -0.25) is 4.79 Å². The molecule has 1 aliphatic heterocycles. The summed E-state index contributed by atoms with van der Waals surface area (Å²) in [5, 5.41) is 12.7. The minimum absolute atomic E-state index is 0.0415. The molecule has 0 bridgehead atoms. The molecule has 0 aromatic rings. The Kier molecular flexibility index (Phi) is 5.40. The average molecular weight is 242 g/mol. The van der Waals surface area contributed by atoms with Crippen LogP contribution in [-0.2, 0) is 4.79 Å². The Morgan fingerprint density at radius 2 is 2.06 bits per heavy atom. The molecule has 1 saturated heterocycles. The first-order valence-electron chi connectivity index (χ1n) is 6.66. The fourth-order valence-corrected chi connectivity index (χ4v) is 2.52. The van der Waals surface area contributed by atoms with Gasteiger partial charge in [0.05, 0.1) is 12.1 Å². The largest absolute Gasteiger partial charge is 0.393 e. The summed E-state index contributed by atoms with van der Waals surface area (Å²) in [6, 6.07) is 0.412. The maximum atomic E-state index is 12.3. The van der Waals surface area contributed by atoms with Gasteiger partial charge in [0, 0.05) is 18.6 Å². The first-order chi connectivity index (χ1) is 7.91. The molecule has 1 fully saturated rings. The lowest BCUT2D eigenvalue weighted by atomic mass is 10.0. The van der Waals surface area contributed by atoms with E-state index < -0.39 is 0 Å². The number of aliphatic hydroxyl groups excluding tert-OH is 1. The highest BCUT2D eigenvalue weighted by Gasteiger charge is 2.31. The molecule has 17 heavy (non-hydrogen) atoms. The number of hydrogen-bond donors (Lipinski definition) is 2. The van der Waals surface area contributed by atoms with Gasteiger partial charge in [0.15, 0.2) is 0 Å². The smallest absolute Gasteiger partial charge is 0.239 e. The molecule has 2 N–H and O–H groups in total. The topological polar surface area (TPSA) is 52.6 Å². The number of hydrogen-bond acceptors (Lipinski definition) is 3. The number of likely N-dealkylation sites (tertiary alicyclic amines) is 1. The molecule has 3 atom stereocenters. The number of amides is 1. The van der Waals surface area contributed by atoms with Crippen LogP contribution in [0.25, 0.3) is 0 Å². The molecular formula is C13H26N2O2. The van der Waals surface area contributed by atoms with E-state index in [1.165, 1.54) is 0 Å². The third-order valence-electron chi connectivity index (χ3n) is 3.22. The lowest BCUT2D eigenvalue weighted by molar-refractivity contribution is -0.138. The predicted octanol–water partition coefficient (Wildman–Crippen LogP) is 1.13. The van der Waals surface area contributed by atoms with Crippen molar-refractivity contribution < 1.29 is 9.90 Å². The van der Waals surface area contributed by atoms with Crippen molar-refractivity contribution in [1.29, 1.82) is 0 Å². The quantitative estimate of drug-likeness (QED) is 0.760. The van der Waals surface area contributed by atoms with Gasteiger partial charge in [0.25, 0.3) is 0 Å². The zero-order valence-electron chi connectivity index (χ0n) is 11.4. The normalized spacial score (nSPS) is 25.2. The van der Waals surface area contributed by atoms with E-state index in [9.17, 15) is 9.90 Å². The summed E-state index contributed by atoms with van der Waals surface area (Å²) in [7, 11) is 0. The number of nitrogens with zero attached hydrogens (tertiary/aromatic N) is 1. The maximum absolute atomic E-state index is 12.3. The van der Waals surface area contributed by atoms with Crippen LogP contribution in [0.3, 0.4) is 0 Å². The first kappa shape index (κ1) is 14.5.